The number of nitrogens with one attached hydrogen (secondary N) is 1. The number of para-hydroxylation sites is 2. The van der Waals surface area contributed by atoms with E-state index in [9.17, 15) is 0 Å². The zero-order chi connectivity index (χ0) is 14.4. The van der Waals surface area contributed by atoms with Crippen LogP contribution in [-0.2, 0) is 4.74 Å². The largest absolute Gasteiger partial charge is 0.491 e. The average molecular weight is 278 g/mol. The first-order chi connectivity index (χ1) is 9.76. The van der Waals surface area contributed by atoms with Gasteiger partial charge < -0.3 is 14.4 Å². The Morgan fingerprint density at radius 3 is 3.10 bits per heavy atom. The van der Waals surface area contributed by atoms with E-state index in [1.54, 1.807) is 7.11 Å². The number of aliphatic imine (C=N–C) groups is 1. The lowest BCUT2D eigenvalue weighted by Crippen LogP contribution is -2.46. The summed E-state index contributed by atoms with van der Waals surface area (Å²) >= 11 is 0. The van der Waals surface area contributed by atoms with Crippen LogP contribution in [0, 0.1) is 0 Å². The molecule has 1 unspecified atom stereocenters. The van der Waals surface area contributed by atoms with Crippen LogP contribution < -0.4 is 20.9 Å². The van der Waals surface area contributed by atoms with Gasteiger partial charge in [0.05, 0.1) is 24.9 Å². The minimum atomic E-state index is 0.0300. The number of nitrogens with two attached hydrogens (primary N) is 1. The maximum absolute atomic E-state index is 5.74. The first-order valence-corrected chi connectivity index (χ1v) is 6.79. The lowest BCUT2D eigenvalue weighted by atomic mass is 10.2. The summed E-state index contributed by atoms with van der Waals surface area (Å²) in [6.07, 6.45) is 0.911. The highest BCUT2D eigenvalue weighted by Gasteiger charge is 2.20. The second kappa shape index (κ2) is 7.12. The number of guanidine groups is 1. The second-order valence-electron chi connectivity index (χ2n) is 4.72. The van der Waals surface area contributed by atoms with Gasteiger partial charge in [-0.3, -0.25) is 5.43 Å². The second-order valence-corrected chi connectivity index (χ2v) is 4.72. The van der Waals surface area contributed by atoms with Crippen molar-refractivity contribution < 1.29 is 9.47 Å². The van der Waals surface area contributed by atoms with E-state index in [1.165, 1.54) is 0 Å². The molecule has 1 atom stereocenters. The Bertz CT molecular complexity index is 464. The highest BCUT2D eigenvalue weighted by atomic mass is 16.5. The van der Waals surface area contributed by atoms with Gasteiger partial charge >= 0.3 is 0 Å². The fraction of sp³-hybridized carbons (Fsp3) is 0.500. The molecule has 1 heterocycles. The van der Waals surface area contributed by atoms with Gasteiger partial charge in [0.1, 0.15) is 5.75 Å². The number of anilines is 1. The number of ether oxygens (including phenoxy) is 2. The molecule has 20 heavy (non-hydrogen) atoms. The van der Waals surface area contributed by atoms with Gasteiger partial charge in [-0.15, -0.1) is 0 Å². The number of nitrogens with zero attached hydrogens (tertiary/aromatic N) is 2. The third-order valence-corrected chi connectivity index (χ3v) is 3.07. The van der Waals surface area contributed by atoms with Crippen LogP contribution in [0.15, 0.2) is 29.3 Å². The van der Waals surface area contributed by atoms with Crippen LogP contribution in [-0.4, -0.2) is 38.9 Å². The normalized spacial score (nSPS) is 16.9. The third kappa shape index (κ3) is 3.40. The maximum atomic E-state index is 5.74. The summed E-state index contributed by atoms with van der Waals surface area (Å²) in [5, 5.41) is 0. The van der Waals surface area contributed by atoms with Crippen molar-refractivity contribution in [2.24, 2.45) is 10.8 Å². The van der Waals surface area contributed by atoms with Crippen molar-refractivity contribution >= 4 is 11.6 Å². The van der Waals surface area contributed by atoms with Crippen LogP contribution in [0.5, 0.6) is 5.75 Å². The molecule has 0 amide bonds. The van der Waals surface area contributed by atoms with Crippen LogP contribution in [0.2, 0.25) is 0 Å². The molecule has 1 aromatic carbocycles. The lowest BCUT2D eigenvalue weighted by molar-refractivity contribution is 0.185. The van der Waals surface area contributed by atoms with Gasteiger partial charge in [0, 0.05) is 13.7 Å². The van der Waals surface area contributed by atoms with Crippen molar-refractivity contribution in [3.8, 4) is 5.75 Å². The Balaban J connectivity index is 2.29. The van der Waals surface area contributed by atoms with Crippen LogP contribution in [0.1, 0.15) is 13.3 Å². The van der Waals surface area contributed by atoms with E-state index in [4.69, 9.17) is 15.3 Å². The third-order valence-electron chi connectivity index (χ3n) is 3.07. The average Bonchev–Trinajstić information content (AvgIpc) is 2.67. The van der Waals surface area contributed by atoms with Gasteiger partial charge in [0.15, 0.2) is 0 Å². The van der Waals surface area contributed by atoms with Gasteiger partial charge in [-0.2, -0.15) is 0 Å². The number of hydrogen-bond donors (Lipinski definition) is 2. The summed E-state index contributed by atoms with van der Waals surface area (Å²) in [5.74, 6) is 7.14. The zero-order valence-corrected chi connectivity index (χ0v) is 12.0. The molecular weight excluding hydrogens is 256 g/mol. The van der Waals surface area contributed by atoms with E-state index in [-0.39, 0.29) is 6.04 Å². The molecule has 0 fully saturated rings. The van der Waals surface area contributed by atoms with Gasteiger partial charge in [-0.25, -0.2) is 10.8 Å². The smallest absolute Gasteiger partial charge is 0.213 e. The Labute approximate surface area is 119 Å². The first kappa shape index (κ1) is 14.6. The zero-order valence-electron chi connectivity index (χ0n) is 12.0. The van der Waals surface area contributed by atoms with E-state index in [0.717, 1.165) is 24.4 Å². The summed E-state index contributed by atoms with van der Waals surface area (Å²) < 4.78 is 10.8. The molecule has 1 aromatic rings. The standard InChI is InChI=1S/C14H22N4O2/c1-11(10-19-2)16-14(17-15)18-8-5-9-20-13-7-4-3-6-12(13)18/h3-4,6-7,11H,5,8-10,15H2,1-2H3,(H,16,17). The quantitative estimate of drug-likeness (QED) is 0.375. The fourth-order valence-corrected chi connectivity index (χ4v) is 2.22. The molecule has 3 N–H and O–H groups in total. The van der Waals surface area contributed by atoms with Crippen molar-refractivity contribution in [3.63, 3.8) is 0 Å². The van der Waals surface area contributed by atoms with Crippen LogP contribution in [0.4, 0.5) is 5.69 Å². The molecule has 2 rings (SSSR count). The van der Waals surface area contributed by atoms with Crippen molar-refractivity contribution in [2.75, 3.05) is 31.8 Å². The molecule has 0 spiro atoms. The van der Waals surface area contributed by atoms with Crippen molar-refractivity contribution in [1.29, 1.82) is 0 Å². The predicted octanol–water partition coefficient (Wildman–Crippen LogP) is 1.13. The minimum absolute atomic E-state index is 0.0300. The van der Waals surface area contributed by atoms with Crippen LogP contribution in [0.25, 0.3) is 0 Å². The summed E-state index contributed by atoms with van der Waals surface area (Å²) in [7, 11) is 1.66. The Kier molecular flexibility index (Phi) is 5.20. The van der Waals surface area contributed by atoms with E-state index in [1.807, 2.05) is 31.2 Å². The topological polar surface area (TPSA) is 72.1 Å². The highest BCUT2D eigenvalue weighted by Crippen LogP contribution is 2.30. The van der Waals surface area contributed by atoms with E-state index in [2.05, 4.69) is 15.3 Å². The molecule has 0 saturated heterocycles. The van der Waals surface area contributed by atoms with Crippen molar-refractivity contribution in [2.45, 2.75) is 19.4 Å². The van der Waals surface area contributed by atoms with E-state index < -0.39 is 0 Å². The Morgan fingerprint density at radius 1 is 1.55 bits per heavy atom. The summed E-state index contributed by atoms with van der Waals surface area (Å²) in [6.45, 7) is 4.04. The monoisotopic (exact) mass is 278 g/mol. The number of benzene rings is 1. The summed E-state index contributed by atoms with van der Waals surface area (Å²) in [6, 6.07) is 7.94. The maximum Gasteiger partial charge on any atom is 0.213 e. The van der Waals surface area contributed by atoms with Gasteiger partial charge in [0.25, 0.3) is 0 Å². The van der Waals surface area contributed by atoms with Crippen LogP contribution >= 0.6 is 0 Å². The SMILES string of the molecule is COCC(C)N=C(NN)N1CCCOc2ccccc21. The van der Waals surface area contributed by atoms with Gasteiger partial charge in [-0.1, -0.05) is 12.1 Å². The van der Waals surface area contributed by atoms with E-state index in [0.29, 0.717) is 19.2 Å². The number of methoxy groups -OCH3 is 1. The molecular formula is C14H22N4O2. The molecule has 0 radical (unpaired) electrons. The molecule has 6 nitrogen and oxygen atoms in total. The van der Waals surface area contributed by atoms with Crippen molar-refractivity contribution in [1.82, 2.24) is 5.43 Å². The van der Waals surface area contributed by atoms with E-state index >= 15 is 0 Å². The molecule has 1 aliphatic heterocycles. The van der Waals surface area contributed by atoms with Crippen LogP contribution in [0.3, 0.4) is 0 Å². The number of fused-ring (bicyclic) bond motifs is 1. The highest BCUT2D eigenvalue weighted by molar-refractivity contribution is 5.97. The fourth-order valence-electron chi connectivity index (χ4n) is 2.22. The van der Waals surface area contributed by atoms with Crippen molar-refractivity contribution in [3.05, 3.63) is 24.3 Å². The Morgan fingerprint density at radius 2 is 2.35 bits per heavy atom. The molecule has 0 aliphatic carbocycles. The molecule has 0 saturated carbocycles. The molecule has 0 aromatic heterocycles. The first-order valence-electron chi connectivity index (χ1n) is 6.79. The summed E-state index contributed by atoms with van der Waals surface area (Å²) in [5.41, 5.74) is 3.67. The van der Waals surface area contributed by atoms with Gasteiger partial charge in [-0.05, 0) is 25.5 Å². The molecule has 6 heteroatoms. The number of hydrogen-bond acceptors (Lipinski definition) is 4. The Hall–Kier alpha value is -1.79. The summed E-state index contributed by atoms with van der Waals surface area (Å²) in [4.78, 5) is 6.62. The van der Waals surface area contributed by atoms with Gasteiger partial charge in [0.2, 0.25) is 5.96 Å². The molecule has 110 valence electrons. The molecule has 0 bridgehead atoms. The minimum Gasteiger partial charge on any atom is -0.491 e. The predicted molar refractivity (Wildman–Crippen MR) is 80.0 cm³/mol. The lowest BCUT2D eigenvalue weighted by Gasteiger charge is -2.25. The number of rotatable bonds is 3. The number of hydrazine groups is 1. The molecule has 1 aliphatic rings.